The van der Waals surface area contributed by atoms with E-state index in [-0.39, 0.29) is 5.91 Å². The minimum atomic E-state index is -0.0576. The first-order valence-corrected chi connectivity index (χ1v) is 8.12. The third kappa shape index (κ3) is 4.55. The molecule has 2 aromatic rings. The molecule has 1 aromatic carbocycles. The number of amides is 1. The molecule has 0 atom stereocenters. The number of unbranched alkanes of at least 4 members (excludes halogenated alkanes) is 2. The number of para-hydroxylation sites is 2. The first-order chi connectivity index (χ1) is 11.1. The van der Waals surface area contributed by atoms with E-state index in [0.717, 1.165) is 49.1 Å². The Labute approximate surface area is 137 Å². The molecular formula is C19H25N3O. The van der Waals surface area contributed by atoms with Crippen LogP contribution in [0.2, 0.25) is 0 Å². The van der Waals surface area contributed by atoms with Crippen molar-refractivity contribution in [2.24, 2.45) is 0 Å². The molecular weight excluding hydrogens is 286 g/mol. The lowest BCUT2D eigenvalue weighted by Gasteiger charge is -2.07. The standard InChI is InChI=1S/C19H25N3O/c1-4-14-22-17-11-8-7-10-16(17)21-18(22)12-6-5-9-13-20-19(23)15(2)3/h4,7-8,10-11H,1-2,5-6,9,12-14H2,3H3,(H,20,23). The van der Waals surface area contributed by atoms with Crippen molar-refractivity contribution in [1.82, 2.24) is 14.9 Å². The van der Waals surface area contributed by atoms with Gasteiger partial charge in [-0.05, 0) is 31.9 Å². The van der Waals surface area contributed by atoms with Gasteiger partial charge in [0.15, 0.2) is 0 Å². The number of nitrogens with zero attached hydrogens (tertiary/aromatic N) is 2. The van der Waals surface area contributed by atoms with Gasteiger partial charge >= 0.3 is 0 Å². The normalized spacial score (nSPS) is 10.7. The van der Waals surface area contributed by atoms with Crippen LogP contribution in [0.25, 0.3) is 11.0 Å². The van der Waals surface area contributed by atoms with E-state index >= 15 is 0 Å². The Hall–Kier alpha value is -2.36. The molecule has 122 valence electrons. The zero-order valence-corrected chi connectivity index (χ0v) is 13.8. The Balaban J connectivity index is 1.85. The van der Waals surface area contributed by atoms with Gasteiger partial charge in [-0.3, -0.25) is 4.79 Å². The van der Waals surface area contributed by atoms with E-state index in [1.54, 1.807) is 6.92 Å². The van der Waals surface area contributed by atoms with Crippen LogP contribution >= 0.6 is 0 Å². The van der Waals surface area contributed by atoms with Gasteiger partial charge < -0.3 is 9.88 Å². The highest BCUT2D eigenvalue weighted by Gasteiger charge is 2.08. The van der Waals surface area contributed by atoms with Gasteiger partial charge in [-0.1, -0.05) is 31.2 Å². The highest BCUT2D eigenvalue weighted by Crippen LogP contribution is 2.17. The summed E-state index contributed by atoms with van der Waals surface area (Å²) in [6, 6.07) is 8.20. The van der Waals surface area contributed by atoms with Crippen molar-refractivity contribution in [3.05, 3.63) is 54.9 Å². The van der Waals surface area contributed by atoms with Gasteiger partial charge in [0.2, 0.25) is 5.91 Å². The van der Waals surface area contributed by atoms with Crippen LogP contribution in [0.4, 0.5) is 0 Å². The molecule has 0 aliphatic rings. The number of carbonyl (C=O) groups is 1. The van der Waals surface area contributed by atoms with Crippen molar-refractivity contribution in [3.8, 4) is 0 Å². The number of nitrogens with one attached hydrogen (secondary N) is 1. The van der Waals surface area contributed by atoms with Gasteiger partial charge in [0, 0.05) is 25.1 Å². The van der Waals surface area contributed by atoms with Crippen molar-refractivity contribution in [2.75, 3.05) is 6.54 Å². The Morgan fingerprint density at radius 2 is 2.09 bits per heavy atom. The molecule has 0 aliphatic heterocycles. The lowest BCUT2D eigenvalue weighted by atomic mass is 10.2. The topological polar surface area (TPSA) is 46.9 Å². The number of rotatable bonds is 9. The van der Waals surface area contributed by atoms with Crippen molar-refractivity contribution in [1.29, 1.82) is 0 Å². The van der Waals surface area contributed by atoms with Crippen molar-refractivity contribution >= 4 is 16.9 Å². The Kier molecular flexibility index (Phi) is 6.15. The molecule has 1 N–H and O–H groups in total. The van der Waals surface area contributed by atoms with Crippen LogP contribution in [0, 0.1) is 0 Å². The predicted octanol–water partition coefficient (Wildman–Crippen LogP) is 3.63. The molecule has 0 aliphatic carbocycles. The molecule has 1 aromatic heterocycles. The summed E-state index contributed by atoms with van der Waals surface area (Å²) in [5, 5.41) is 2.86. The molecule has 4 nitrogen and oxygen atoms in total. The molecule has 1 heterocycles. The third-order valence-corrected chi connectivity index (χ3v) is 3.80. The summed E-state index contributed by atoms with van der Waals surface area (Å²) in [7, 11) is 0. The number of benzene rings is 1. The monoisotopic (exact) mass is 311 g/mol. The maximum absolute atomic E-state index is 11.4. The minimum Gasteiger partial charge on any atom is -0.352 e. The molecule has 23 heavy (non-hydrogen) atoms. The largest absolute Gasteiger partial charge is 0.352 e. The highest BCUT2D eigenvalue weighted by molar-refractivity contribution is 5.92. The molecule has 1 amide bonds. The summed E-state index contributed by atoms with van der Waals surface area (Å²) < 4.78 is 2.23. The first kappa shape index (κ1) is 17.0. The molecule has 4 heteroatoms. The summed E-state index contributed by atoms with van der Waals surface area (Å²) in [4.78, 5) is 16.1. The number of hydrogen-bond acceptors (Lipinski definition) is 2. The number of aromatic nitrogens is 2. The van der Waals surface area contributed by atoms with Crippen molar-refractivity contribution in [3.63, 3.8) is 0 Å². The third-order valence-electron chi connectivity index (χ3n) is 3.80. The lowest BCUT2D eigenvalue weighted by Crippen LogP contribution is -2.24. The summed E-state index contributed by atoms with van der Waals surface area (Å²) in [6.45, 7) is 10.7. The smallest absolute Gasteiger partial charge is 0.246 e. The zero-order valence-electron chi connectivity index (χ0n) is 13.8. The van der Waals surface area contributed by atoms with Gasteiger partial charge in [0.05, 0.1) is 11.0 Å². The van der Waals surface area contributed by atoms with E-state index in [1.807, 2.05) is 24.3 Å². The minimum absolute atomic E-state index is 0.0576. The number of imidazole rings is 1. The van der Waals surface area contributed by atoms with Crippen LogP contribution in [0.5, 0.6) is 0 Å². The Morgan fingerprint density at radius 1 is 1.30 bits per heavy atom. The molecule has 0 radical (unpaired) electrons. The summed E-state index contributed by atoms with van der Waals surface area (Å²) in [6.07, 6.45) is 5.94. The van der Waals surface area contributed by atoms with Crippen LogP contribution in [-0.4, -0.2) is 22.0 Å². The van der Waals surface area contributed by atoms with Crippen molar-refractivity contribution < 1.29 is 4.79 Å². The second-order valence-corrected chi connectivity index (χ2v) is 5.76. The summed E-state index contributed by atoms with van der Waals surface area (Å²) in [5.74, 6) is 1.05. The van der Waals surface area contributed by atoms with Crippen LogP contribution < -0.4 is 5.32 Å². The SMILES string of the molecule is C=CCn1c(CCCCCNC(=O)C(=C)C)nc2ccccc21. The maximum atomic E-state index is 11.4. The second kappa shape index (κ2) is 8.32. The fourth-order valence-electron chi connectivity index (χ4n) is 2.59. The van der Waals surface area contributed by atoms with E-state index in [4.69, 9.17) is 4.98 Å². The van der Waals surface area contributed by atoms with E-state index in [9.17, 15) is 4.79 Å². The summed E-state index contributed by atoms with van der Waals surface area (Å²) >= 11 is 0. The molecule has 0 bridgehead atoms. The highest BCUT2D eigenvalue weighted by atomic mass is 16.1. The van der Waals surface area contributed by atoms with Gasteiger partial charge in [0.1, 0.15) is 5.82 Å². The Morgan fingerprint density at radius 3 is 2.83 bits per heavy atom. The van der Waals surface area contributed by atoms with Crippen LogP contribution in [0.3, 0.4) is 0 Å². The van der Waals surface area contributed by atoms with Gasteiger partial charge in [-0.2, -0.15) is 0 Å². The number of aryl methyl sites for hydroxylation is 1. The fraction of sp³-hybridized carbons (Fsp3) is 0.368. The second-order valence-electron chi connectivity index (χ2n) is 5.76. The van der Waals surface area contributed by atoms with E-state index in [2.05, 4.69) is 29.1 Å². The lowest BCUT2D eigenvalue weighted by molar-refractivity contribution is -0.117. The fourth-order valence-corrected chi connectivity index (χ4v) is 2.59. The van der Waals surface area contributed by atoms with Gasteiger partial charge in [0.25, 0.3) is 0 Å². The molecule has 0 unspecified atom stereocenters. The first-order valence-electron chi connectivity index (χ1n) is 8.12. The Bertz CT molecular complexity index is 700. The zero-order chi connectivity index (χ0) is 16.7. The average molecular weight is 311 g/mol. The average Bonchev–Trinajstić information content (AvgIpc) is 2.89. The van der Waals surface area contributed by atoms with E-state index in [1.165, 1.54) is 0 Å². The van der Waals surface area contributed by atoms with Crippen LogP contribution in [-0.2, 0) is 17.8 Å². The predicted molar refractivity (Wildman–Crippen MR) is 95.3 cm³/mol. The quantitative estimate of drug-likeness (QED) is 0.437. The van der Waals surface area contributed by atoms with E-state index < -0.39 is 0 Å². The number of hydrogen-bond donors (Lipinski definition) is 1. The number of allylic oxidation sites excluding steroid dienone is 1. The molecule has 0 saturated carbocycles. The molecule has 0 saturated heterocycles. The van der Waals surface area contributed by atoms with Crippen LogP contribution in [0.15, 0.2) is 49.1 Å². The molecule has 0 spiro atoms. The maximum Gasteiger partial charge on any atom is 0.246 e. The van der Waals surface area contributed by atoms with Crippen LogP contribution in [0.1, 0.15) is 32.0 Å². The summed E-state index contributed by atoms with van der Waals surface area (Å²) in [5.41, 5.74) is 2.76. The van der Waals surface area contributed by atoms with Crippen molar-refractivity contribution in [2.45, 2.75) is 39.2 Å². The molecule has 0 fully saturated rings. The van der Waals surface area contributed by atoms with Gasteiger partial charge in [-0.15, -0.1) is 6.58 Å². The van der Waals surface area contributed by atoms with Gasteiger partial charge in [-0.25, -0.2) is 4.98 Å². The molecule has 2 rings (SSSR count). The van der Waals surface area contributed by atoms with E-state index in [0.29, 0.717) is 12.1 Å². The number of fused-ring (bicyclic) bond motifs is 1. The number of carbonyl (C=O) groups excluding carboxylic acids is 1.